The number of rotatable bonds is 6. The molecule has 2 aromatic rings. The SMILES string of the molecule is COc1ccc(C)cc1N(CC(=O)Nc1cccc(Cl)c1Cl)S(C)(=O)=O. The zero-order chi connectivity index (χ0) is 19.5. The van der Waals surface area contributed by atoms with Gasteiger partial charge in [0.15, 0.2) is 0 Å². The Morgan fingerprint density at radius 1 is 1.23 bits per heavy atom. The lowest BCUT2D eigenvalue weighted by atomic mass is 10.2. The molecule has 0 unspecified atom stereocenters. The Hall–Kier alpha value is -1.96. The molecule has 0 radical (unpaired) electrons. The summed E-state index contributed by atoms with van der Waals surface area (Å²) in [6.07, 6.45) is 1.02. The Bertz CT molecular complexity index is 932. The van der Waals surface area contributed by atoms with Crippen molar-refractivity contribution >= 4 is 50.5 Å². The van der Waals surface area contributed by atoms with E-state index in [9.17, 15) is 13.2 Å². The van der Waals surface area contributed by atoms with E-state index < -0.39 is 22.5 Å². The first-order valence-electron chi connectivity index (χ1n) is 7.49. The van der Waals surface area contributed by atoms with Crippen LogP contribution in [-0.2, 0) is 14.8 Å². The Labute approximate surface area is 162 Å². The van der Waals surface area contributed by atoms with Gasteiger partial charge in [-0.3, -0.25) is 9.10 Å². The highest BCUT2D eigenvalue weighted by molar-refractivity contribution is 7.92. The van der Waals surface area contributed by atoms with Crippen LogP contribution in [0.3, 0.4) is 0 Å². The first-order valence-corrected chi connectivity index (χ1v) is 10.1. The van der Waals surface area contributed by atoms with Gasteiger partial charge in [0.1, 0.15) is 12.3 Å². The van der Waals surface area contributed by atoms with Crippen molar-refractivity contribution in [2.24, 2.45) is 0 Å². The van der Waals surface area contributed by atoms with Crippen molar-refractivity contribution in [3.63, 3.8) is 0 Å². The van der Waals surface area contributed by atoms with E-state index in [1.165, 1.54) is 7.11 Å². The van der Waals surface area contributed by atoms with Gasteiger partial charge in [-0.25, -0.2) is 8.42 Å². The fraction of sp³-hybridized carbons (Fsp3) is 0.235. The molecule has 2 aromatic carbocycles. The Kier molecular flexibility index (Phi) is 6.39. The largest absolute Gasteiger partial charge is 0.495 e. The second kappa shape index (κ2) is 8.16. The van der Waals surface area contributed by atoms with Gasteiger partial charge in [0, 0.05) is 0 Å². The van der Waals surface area contributed by atoms with Crippen molar-refractivity contribution in [2.75, 3.05) is 29.5 Å². The highest BCUT2D eigenvalue weighted by Gasteiger charge is 2.24. The van der Waals surface area contributed by atoms with E-state index in [1.807, 2.05) is 6.92 Å². The summed E-state index contributed by atoms with van der Waals surface area (Å²) < 4.78 is 30.7. The summed E-state index contributed by atoms with van der Waals surface area (Å²) in [6, 6.07) is 9.86. The molecule has 0 bridgehead atoms. The second-order valence-electron chi connectivity index (χ2n) is 5.59. The Morgan fingerprint density at radius 3 is 2.54 bits per heavy atom. The fourth-order valence-electron chi connectivity index (χ4n) is 2.30. The molecule has 0 aromatic heterocycles. The molecule has 0 fully saturated rings. The van der Waals surface area contributed by atoms with E-state index in [4.69, 9.17) is 27.9 Å². The number of methoxy groups -OCH3 is 1. The van der Waals surface area contributed by atoms with Gasteiger partial charge in [0.05, 0.1) is 34.8 Å². The summed E-state index contributed by atoms with van der Waals surface area (Å²) in [6.45, 7) is 1.37. The summed E-state index contributed by atoms with van der Waals surface area (Å²) in [4.78, 5) is 12.4. The molecule has 0 heterocycles. The number of anilines is 2. The molecule has 0 saturated carbocycles. The van der Waals surface area contributed by atoms with E-state index in [-0.39, 0.29) is 15.7 Å². The average Bonchev–Trinajstić information content (AvgIpc) is 2.56. The number of ether oxygens (including phenoxy) is 1. The fourth-order valence-corrected chi connectivity index (χ4v) is 3.50. The number of halogens is 2. The molecule has 0 aliphatic heterocycles. The van der Waals surface area contributed by atoms with Crippen LogP contribution in [0, 0.1) is 6.92 Å². The Balaban J connectivity index is 2.34. The molecule has 26 heavy (non-hydrogen) atoms. The van der Waals surface area contributed by atoms with Gasteiger partial charge in [0.2, 0.25) is 15.9 Å². The lowest BCUT2D eigenvalue weighted by Gasteiger charge is -2.24. The van der Waals surface area contributed by atoms with E-state index in [0.29, 0.717) is 11.4 Å². The molecule has 0 aliphatic rings. The van der Waals surface area contributed by atoms with Crippen LogP contribution in [0.15, 0.2) is 36.4 Å². The zero-order valence-electron chi connectivity index (χ0n) is 14.4. The van der Waals surface area contributed by atoms with Crippen molar-refractivity contribution in [1.82, 2.24) is 0 Å². The van der Waals surface area contributed by atoms with Crippen molar-refractivity contribution < 1.29 is 17.9 Å². The van der Waals surface area contributed by atoms with Gasteiger partial charge in [-0.05, 0) is 36.8 Å². The monoisotopic (exact) mass is 416 g/mol. The smallest absolute Gasteiger partial charge is 0.245 e. The molecule has 0 aliphatic carbocycles. The molecule has 2 rings (SSSR count). The summed E-state index contributed by atoms with van der Waals surface area (Å²) in [5.41, 5.74) is 1.41. The van der Waals surface area contributed by atoms with Crippen molar-refractivity contribution in [3.05, 3.63) is 52.0 Å². The van der Waals surface area contributed by atoms with E-state index in [1.54, 1.807) is 36.4 Å². The molecule has 0 spiro atoms. The van der Waals surface area contributed by atoms with Crippen LogP contribution in [0.5, 0.6) is 5.75 Å². The van der Waals surface area contributed by atoms with E-state index in [0.717, 1.165) is 16.1 Å². The minimum atomic E-state index is -3.74. The van der Waals surface area contributed by atoms with Crippen LogP contribution in [0.25, 0.3) is 0 Å². The summed E-state index contributed by atoms with van der Waals surface area (Å²) in [5.74, 6) is -0.224. The summed E-state index contributed by atoms with van der Waals surface area (Å²) in [7, 11) is -2.31. The average molecular weight is 417 g/mol. The quantitative estimate of drug-likeness (QED) is 0.778. The molecule has 9 heteroatoms. The van der Waals surface area contributed by atoms with Gasteiger partial charge in [0.25, 0.3) is 0 Å². The third kappa shape index (κ3) is 4.81. The summed E-state index contributed by atoms with van der Waals surface area (Å²) in [5, 5.41) is 3.04. The zero-order valence-corrected chi connectivity index (χ0v) is 16.7. The number of hydrogen-bond donors (Lipinski definition) is 1. The van der Waals surface area contributed by atoms with Crippen molar-refractivity contribution in [2.45, 2.75) is 6.92 Å². The lowest BCUT2D eigenvalue weighted by molar-refractivity contribution is -0.114. The van der Waals surface area contributed by atoms with Crippen LogP contribution in [0.2, 0.25) is 10.0 Å². The van der Waals surface area contributed by atoms with Crippen LogP contribution >= 0.6 is 23.2 Å². The molecule has 1 N–H and O–H groups in total. The number of amides is 1. The Morgan fingerprint density at radius 2 is 1.92 bits per heavy atom. The van der Waals surface area contributed by atoms with Gasteiger partial charge in [-0.2, -0.15) is 0 Å². The van der Waals surface area contributed by atoms with Gasteiger partial charge < -0.3 is 10.1 Å². The molecule has 140 valence electrons. The van der Waals surface area contributed by atoms with Gasteiger partial charge in [-0.1, -0.05) is 35.3 Å². The number of carbonyl (C=O) groups is 1. The minimum absolute atomic E-state index is 0.182. The van der Waals surface area contributed by atoms with E-state index in [2.05, 4.69) is 5.32 Å². The topological polar surface area (TPSA) is 75.7 Å². The predicted molar refractivity (Wildman–Crippen MR) is 105 cm³/mol. The van der Waals surface area contributed by atoms with Crippen LogP contribution < -0.4 is 14.4 Å². The highest BCUT2D eigenvalue weighted by atomic mass is 35.5. The van der Waals surface area contributed by atoms with Gasteiger partial charge >= 0.3 is 0 Å². The minimum Gasteiger partial charge on any atom is -0.495 e. The molecular weight excluding hydrogens is 399 g/mol. The van der Waals surface area contributed by atoms with Crippen molar-refractivity contribution in [3.8, 4) is 5.75 Å². The highest BCUT2D eigenvalue weighted by Crippen LogP contribution is 2.32. The molecule has 6 nitrogen and oxygen atoms in total. The number of benzene rings is 2. The first-order chi connectivity index (χ1) is 12.1. The van der Waals surface area contributed by atoms with Crippen molar-refractivity contribution in [1.29, 1.82) is 0 Å². The van der Waals surface area contributed by atoms with Crippen LogP contribution in [0.4, 0.5) is 11.4 Å². The molecule has 0 saturated heterocycles. The number of nitrogens with zero attached hydrogens (tertiary/aromatic N) is 1. The maximum absolute atomic E-state index is 12.4. The number of hydrogen-bond acceptors (Lipinski definition) is 4. The number of nitrogens with one attached hydrogen (secondary N) is 1. The van der Waals surface area contributed by atoms with E-state index >= 15 is 0 Å². The summed E-state index contributed by atoms with van der Waals surface area (Å²) >= 11 is 12.0. The third-order valence-electron chi connectivity index (χ3n) is 3.52. The molecular formula is C17H18Cl2N2O4S. The maximum Gasteiger partial charge on any atom is 0.245 e. The third-order valence-corrected chi connectivity index (χ3v) is 5.46. The molecule has 1 amide bonds. The normalized spacial score (nSPS) is 11.1. The standard InChI is InChI=1S/C17H18Cl2N2O4S/c1-11-7-8-15(25-2)14(9-11)21(26(3,23)24)10-16(22)20-13-6-4-5-12(18)17(13)19/h4-9H,10H2,1-3H3,(H,20,22). The van der Waals surface area contributed by atoms with Gasteiger partial charge in [-0.15, -0.1) is 0 Å². The number of sulfonamides is 1. The van der Waals surface area contributed by atoms with Crippen LogP contribution in [0.1, 0.15) is 5.56 Å². The maximum atomic E-state index is 12.4. The number of carbonyl (C=O) groups excluding carboxylic acids is 1. The molecule has 0 atom stereocenters. The first kappa shape index (κ1) is 20.4. The second-order valence-corrected chi connectivity index (χ2v) is 8.29. The lowest BCUT2D eigenvalue weighted by Crippen LogP contribution is -2.37. The predicted octanol–water partition coefficient (Wildman–Crippen LogP) is 3.72. The van der Waals surface area contributed by atoms with Crippen LogP contribution in [-0.4, -0.2) is 34.2 Å². The number of aryl methyl sites for hydroxylation is 1.